The van der Waals surface area contributed by atoms with E-state index in [1.54, 1.807) is 10.8 Å². The van der Waals surface area contributed by atoms with E-state index in [1.165, 1.54) is 0 Å². The van der Waals surface area contributed by atoms with E-state index < -0.39 is 12.1 Å². The van der Waals surface area contributed by atoms with E-state index in [9.17, 15) is 15.0 Å². The van der Waals surface area contributed by atoms with Gasteiger partial charge >= 0.3 is 0 Å². The van der Waals surface area contributed by atoms with Gasteiger partial charge in [-0.2, -0.15) is 0 Å². The molecule has 5 unspecified atom stereocenters. The Bertz CT molecular complexity index is 288. The van der Waals surface area contributed by atoms with Gasteiger partial charge in [-0.15, -0.1) is 0 Å². The van der Waals surface area contributed by atoms with Gasteiger partial charge in [0.05, 0.1) is 6.10 Å². The van der Waals surface area contributed by atoms with Crippen LogP contribution in [0.2, 0.25) is 0 Å². The van der Waals surface area contributed by atoms with Crippen molar-refractivity contribution in [3.63, 3.8) is 0 Å². The van der Waals surface area contributed by atoms with Gasteiger partial charge in [0.25, 0.3) is 0 Å². The molecule has 1 spiro atoms. The number of hydrogen-bond acceptors (Lipinski definition) is 5. The number of carboxylic acid groups (broad SMARTS) is 1. The van der Waals surface area contributed by atoms with Crippen molar-refractivity contribution < 1.29 is 15.0 Å². The number of carbonyl (C=O) groups excluding carboxylic acids is 1. The van der Waals surface area contributed by atoms with Gasteiger partial charge in [-0.3, -0.25) is 0 Å². The average molecular weight is 231 g/mol. The van der Waals surface area contributed by atoms with Crippen molar-refractivity contribution in [2.45, 2.75) is 23.7 Å². The summed E-state index contributed by atoms with van der Waals surface area (Å²) in [5.41, 5.74) is 0. The van der Waals surface area contributed by atoms with Crippen LogP contribution in [0.1, 0.15) is 12.8 Å². The lowest BCUT2D eigenvalue weighted by Gasteiger charge is -2.26. The Morgan fingerprint density at radius 1 is 1.57 bits per heavy atom. The van der Waals surface area contributed by atoms with Crippen molar-refractivity contribution >= 4 is 27.6 Å². The molecule has 78 valence electrons. The second kappa shape index (κ2) is 2.83. The fraction of sp³-hybridized carbons (Fsp3) is 0.889. The Kier molecular flexibility index (Phi) is 1.89. The maximum Gasteiger partial charge on any atom is 0.0591 e. The zero-order chi connectivity index (χ0) is 9.92. The van der Waals surface area contributed by atoms with Crippen LogP contribution in [0.3, 0.4) is 0 Å². The Hall–Kier alpha value is 0.130. The molecular formula is C9H11O3S2-. The first-order valence-corrected chi connectivity index (χ1v) is 7.17. The molecular weight excluding hydrogens is 220 g/mol. The van der Waals surface area contributed by atoms with Crippen LogP contribution >= 0.6 is 21.6 Å². The first-order chi connectivity index (χ1) is 6.66. The monoisotopic (exact) mass is 231 g/mol. The highest BCUT2D eigenvalue weighted by molar-refractivity contribution is 8.77. The zero-order valence-electron chi connectivity index (χ0n) is 7.51. The van der Waals surface area contributed by atoms with Crippen LogP contribution in [0.4, 0.5) is 0 Å². The van der Waals surface area contributed by atoms with Crippen molar-refractivity contribution in [1.29, 1.82) is 0 Å². The number of hydrogen-bond donors (Lipinski definition) is 1. The molecule has 1 heterocycles. The van der Waals surface area contributed by atoms with Gasteiger partial charge in [-0.1, -0.05) is 21.6 Å². The fourth-order valence-corrected chi connectivity index (χ4v) is 6.92. The summed E-state index contributed by atoms with van der Waals surface area (Å²) < 4.78 is 0.0550. The molecule has 0 amide bonds. The third kappa shape index (κ3) is 1.03. The van der Waals surface area contributed by atoms with Gasteiger partial charge in [-0.25, -0.2) is 0 Å². The van der Waals surface area contributed by atoms with Crippen molar-refractivity contribution in [2.24, 2.45) is 17.8 Å². The van der Waals surface area contributed by atoms with Crippen molar-refractivity contribution in [2.75, 3.05) is 5.75 Å². The Labute approximate surface area is 90.0 Å². The maximum absolute atomic E-state index is 10.8. The van der Waals surface area contributed by atoms with Crippen molar-refractivity contribution in [3.8, 4) is 0 Å². The highest BCUT2D eigenvalue weighted by atomic mass is 33.1. The first-order valence-electron chi connectivity index (χ1n) is 4.85. The normalized spacial score (nSPS) is 54.9. The summed E-state index contributed by atoms with van der Waals surface area (Å²) in [6.07, 6.45) is 1.42. The minimum Gasteiger partial charge on any atom is -0.550 e. The molecule has 5 atom stereocenters. The SMILES string of the molecule is O=C([O-])C1C2C(O)CC3(CCSS3)C12. The second-order valence-corrected chi connectivity index (χ2v) is 7.27. The third-order valence-electron chi connectivity index (χ3n) is 3.79. The Morgan fingerprint density at radius 2 is 2.36 bits per heavy atom. The molecule has 3 rings (SSSR count). The third-order valence-corrected chi connectivity index (χ3v) is 7.10. The van der Waals surface area contributed by atoms with Crippen molar-refractivity contribution in [3.05, 3.63) is 0 Å². The van der Waals surface area contributed by atoms with E-state index >= 15 is 0 Å². The molecule has 1 saturated heterocycles. The molecule has 0 aromatic rings. The van der Waals surface area contributed by atoms with E-state index in [0.717, 1.165) is 18.6 Å². The minimum atomic E-state index is -0.962. The second-order valence-electron chi connectivity index (χ2n) is 4.44. The van der Waals surface area contributed by atoms with E-state index in [2.05, 4.69) is 0 Å². The van der Waals surface area contributed by atoms with Crippen LogP contribution in [-0.4, -0.2) is 27.7 Å². The molecule has 3 nitrogen and oxygen atoms in total. The van der Waals surface area contributed by atoms with Gasteiger partial charge in [-0.05, 0) is 24.7 Å². The summed E-state index contributed by atoms with van der Waals surface area (Å²) >= 11 is 0. The molecule has 0 aromatic carbocycles. The molecule has 5 heteroatoms. The average Bonchev–Trinajstić information content (AvgIpc) is 2.66. The van der Waals surface area contributed by atoms with E-state index in [0.29, 0.717) is 0 Å². The molecule has 3 aliphatic rings. The minimum absolute atomic E-state index is 0.00815. The van der Waals surface area contributed by atoms with Crippen molar-refractivity contribution in [1.82, 2.24) is 0 Å². The van der Waals surface area contributed by atoms with Gasteiger partial charge in [0.1, 0.15) is 0 Å². The standard InChI is InChI=1S/C9H12O3S2/c10-4-3-9(1-2-13-14-9)7-5(4)6(7)8(11)12/h4-7,10H,1-3H2,(H,11,12)/p-1. The number of rotatable bonds is 1. The van der Waals surface area contributed by atoms with Crippen LogP contribution in [0.5, 0.6) is 0 Å². The number of aliphatic carboxylic acids is 1. The molecule has 0 radical (unpaired) electrons. The highest BCUT2D eigenvalue weighted by Crippen LogP contribution is 2.71. The van der Waals surface area contributed by atoms with E-state index in [4.69, 9.17) is 0 Å². The lowest BCUT2D eigenvalue weighted by molar-refractivity contribution is -0.309. The summed E-state index contributed by atoms with van der Waals surface area (Å²) in [7, 11) is 3.60. The van der Waals surface area contributed by atoms with Gasteiger partial charge in [0, 0.05) is 22.4 Å². The van der Waals surface area contributed by atoms with Gasteiger partial charge in [0.15, 0.2) is 0 Å². The topological polar surface area (TPSA) is 60.4 Å². The first kappa shape index (κ1) is 9.36. The van der Waals surface area contributed by atoms with Crippen LogP contribution in [0.25, 0.3) is 0 Å². The predicted molar refractivity (Wildman–Crippen MR) is 53.5 cm³/mol. The van der Waals surface area contributed by atoms with Crippen LogP contribution in [0, 0.1) is 17.8 Å². The molecule has 14 heavy (non-hydrogen) atoms. The van der Waals surface area contributed by atoms with Crippen LogP contribution < -0.4 is 5.11 Å². The number of aliphatic hydroxyl groups is 1. The summed E-state index contributed by atoms with van der Waals surface area (Å²) in [4.78, 5) is 10.8. The Balaban J connectivity index is 1.87. The summed E-state index contributed by atoms with van der Waals surface area (Å²) in [6, 6.07) is 0. The molecule has 0 bridgehead atoms. The molecule has 2 saturated carbocycles. The number of carboxylic acids is 1. The summed E-state index contributed by atoms with van der Waals surface area (Å²) in [6.45, 7) is 0. The van der Waals surface area contributed by atoms with Gasteiger partial charge in [0.2, 0.25) is 0 Å². The Morgan fingerprint density at radius 3 is 2.86 bits per heavy atom. The number of carbonyl (C=O) groups is 1. The number of aliphatic hydroxyl groups excluding tert-OH is 1. The quantitative estimate of drug-likeness (QED) is 0.638. The molecule has 1 N–H and O–H groups in total. The lowest BCUT2D eigenvalue weighted by atomic mass is 9.95. The summed E-state index contributed by atoms with van der Waals surface area (Å²) in [5.74, 6) is -0.0744. The van der Waals surface area contributed by atoms with Crippen LogP contribution in [0.15, 0.2) is 0 Å². The van der Waals surface area contributed by atoms with Crippen LogP contribution in [-0.2, 0) is 4.79 Å². The lowest BCUT2D eigenvalue weighted by Crippen LogP contribution is -2.34. The van der Waals surface area contributed by atoms with E-state index in [1.807, 2.05) is 10.8 Å². The fourth-order valence-electron chi connectivity index (χ4n) is 3.19. The highest BCUT2D eigenvalue weighted by Gasteiger charge is 2.70. The zero-order valence-corrected chi connectivity index (χ0v) is 9.14. The predicted octanol–water partition coefficient (Wildman–Crippen LogP) is -0.113. The largest absolute Gasteiger partial charge is 0.550 e. The summed E-state index contributed by atoms with van der Waals surface area (Å²) in [5, 5.41) is 20.6. The molecule has 1 aliphatic heterocycles. The van der Waals surface area contributed by atoms with Gasteiger partial charge < -0.3 is 15.0 Å². The number of fused-ring (bicyclic) bond motifs is 2. The molecule has 2 aliphatic carbocycles. The van der Waals surface area contributed by atoms with E-state index in [-0.39, 0.29) is 22.5 Å². The molecule has 0 aromatic heterocycles. The maximum atomic E-state index is 10.8. The smallest absolute Gasteiger partial charge is 0.0591 e. The molecule has 3 fully saturated rings.